The summed E-state index contributed by atoms with van der Waals surface area (Å²) < 4.78 is 134. The summed E-state index contributed by atoms with van der Waals surface area (Å²) in [7, 11) is 0. The number of rotatable bonds is 8. The van der Waals surface area contributed by atoms with Gasteiger partial charge in [-0.15, -0.1) is 0 Å². The Morgan fingerprint density at radius 1 is 0.146 bits per heavy atom. The van der Waals surface area contributed by atoms with Gasteiger partial charge in [0.05, 0.1) is 52.9 Å². The highest BCUT2D eigenvalue weighted by molar-refractivity contribution is 5.11. The Hall–Kier alpha value is -1.36. The molecule has 21 aliphatic heterocycles. The van der Waals surface area contributed by atoms with E-state index in [9.17, 15) is 61.3 Å². The molecule has 0 amide bonds. The van der Waals surface area contributed by atoms with Gasteiger partial charge in [0, 0.05) is 0 Å². The quantitative estimate of drug-likeness (QED) is 0.100. The minimum atomic E-state index is -1.82. The van der Waals surface area contributed by atoms with Crippen LogP contribution in [0.15, 0.2) is 0 Å². The number of hydrogen-bond acceptors (Lipinski definition) is 34. The third-order valence-electron chi connectivity index (χ3n) is 18.0. The van der Waals surface area contributed by atoms with Crippen molar-refractivity contribution in [3.05, 3.63) is 0 Å². The monoisotopic (exact) mass is 1190 g/mol. The Bertz CT molecular complexity index is 2240. The van der Waals surface area contributed by atoms with E-state index >= 15 is 0 Å². The van der Waals surface area contributed by atoms with Gasteiger partial charge in [0.15, 0.2) is 50.3 Å². The molecule has 82 heavy (non-hydrogen) atoms. The average molecular weight is 1190 g/mol. The van der Waals surface area contributed by atoms with Crippen molar-refractivity contribution < 1.29 is 165 Å². The molecule has 21 aliphatic rings. The van der Waals surface area contributed by atoms with Crippen LogP contribution < -0.4 is 0 Å². The van der Waals surface area contributed by atoms with Crippen LogP contribution in [0.1, 0.15) is 0 Å². The summed E-state index contributed by atoms with van der Waals surface area (Å²) in [6, 6.07) is 0. The molecule has 34 nitrogen and oxygen atoms in total. The van der Waals surface area contributed by atoms with Crippen LogP contribution in [0.25, 0.3) is 0 Å². The van der Waals surface area contributed by atoms with Gasteiger partial charge in [-0.05, 0) is 0 Å². The topological polar surface area (TPSA) is 466 Å². The Labute approximate surface area is 463 Å². The summed E-state index contributed by atoms with van der Waals surface area (Å²) in [4.78, 5) is 0. The lowest BCUT2D eigenvalue weighted by Gasteiger charge is -2.45. The molecule has 0 aliphatic carbocycles. The normalized spacial score (nSPS) is 60.7. The Kier molecular flexibility index (Phi) is 15.5. The zero-order valence-corrected chi connectivity index (χ0v) is 43.1. The van der Waals surface area contributed by atoms with Crippen molar-refractivity contribution in [2.75, 3.05) is 52.9 Å². The highest BCUT2D eigenvalue weighted by atomic mass is 16.8. The molecule has 0 unspecified atom stereocenters. The Morgan fingerprint density at radius 3 is 0.500 bits per heavy atom. The van der Waals surface area contributed by atoms with E-state index in [1.807, 2.05) is 0 Å². The number of aliphatic hydroxyl groups is 12. The van der Waals surface area contributed by atoms with Crippen molar-refractivity contribution in [1.29, 1.82) is 0 Å². The molecule has 16 bridgehead atoms. The second kappa shape index (κ2) is 22.3. The van der Waals surface area contributed by atoms with E-state index in [0.717, 1.165) is 0 Å². The van der Waals surface area contributed by atoms with Gasteiger partial charge >= 0.3 is 0 Å². The lowest BCUT2D eigenvalue weighted by atomic mass is 9.97. The van der Waals surface area contributed by atoms with Gasteiger partial charge in [-0.3, -0.25) is 0 Å². The van der Waals surface area contributed by atoms with Crippen LogP contribution in [0.2, 0.25) is 0 Å². The SMILES string of the molecule is OC[C@H]1O[C@@H]2O[C@H]3[C@@H]4O[C@@H]4[C@@H](O[C@H]4[C@@H]5O[C@@H]5[C@@H](O[C@H]5[C@@H]6O[C@@H]6[C@@H](O[C@H]6[C@@H]7O[C@@H]7[C@@H](O[C@H]7[C@H](O)[C@@H](O)[C@@H](O[C@H]8[C@@H]9O[C@@H]9[C@@H](O[C@H]9[C@@H]%10O[C@@H]%10[C@@H](O[C@H]1[C@H](O)[C@H]2O)O[C@@H]9CO)O[C@@H]8CO)O[C@@H]7CO)O[C@@H]6CO)O[C@@H]5CO)O[C@@H]4CO)O[C@@H]3CO. The minimum Gasteiger partial charge on any atom is -0.394 e. The first-order valence-corrected chi connectivity index (χ1v) is 27.9. The maximum atomic E-state index is 11.5. The molecule has 0 aromatic rings. The number of epoxide rings is 6. The molecule has 34 heteroatoms. The molecule has 0 aromatic heterocycles. The van der Waals surface area contributed by atoms with Gasteiger partial charge in [0.1, 0.15) is 195 Å². The van der Waals surface area contributed by atoms with E-state index in [1.54, 1.807) is 0 Å². The van der Waals surface area contributed by atoms with Crippen LogP contribution >= 0.6 is 0 Å². The predicted molar refractivity (Wildman–Crippen MR) is 241 cm³/mol. The fraction of sp³-hybridized carbons (Fsp3) is 1.00. The zero-order chi connectivity index (χ0) is 56.3. The van der Waals surface area contributed by atoms with Crippen LogP contribution in [0.4, 0.5) is 0 Å². The van der Waals surface area contributed by atoms with Gasteiger partial charge in [-0.1, -0.05) is 0 Å². The van der Waals surface area contributed by atoms with Crippen molar-refractivity contribution in [2.24, 2.45) is 0 Å². The summed E-state index contributed by atoms with van der Waals surface area (Å²) in [5.41, 5.74) is 0. The minimum absolute atomic E-state index is 0.561. The molecule has 12 N–H and O–H groups in total. The van der Waals surface area contributed by atoms with Crippen molar-refractivity contribution in [2.45, 2.75) is 246 Å². The molecule has 0 spiro atoms. The van der Waals surface area contributed by atoms with E-state index in [2.05, 4.69) is 0 Å². The Balaban J connectivity index is 0.661. The summed E-state index contributed by atoms with van der Waals surface area (Å²) >= 11 is 0. The highest BCUT2D eigenvalue weighted by Crippen LogP contribution is 2.51. The molecule has 21 saturated heterocycles. The summed E-state index contributed by atoms with van der Waals surface area (Å²) in [5, 5.41) is 130. The molecule has 0 saturated carbocycles. The predicted octanol–water partition coefficient (Wildman–Crippen LogP) is -11.1. The number of aliphatic hydroxyl groups excluding tert-OH is 12. The number of ether oxygens (including phenoxy) is 22. The van der Waals surface area contributed by atoms with Crippen molar-refractivity contribution in [1.82, 2.24) is 0 Å². The van der Waals surface area contributed by atoms with Crippen LogP contribution in [0.3, 0.4) is 0 Å². The fourth-order valence-corrected chi connectivity index (χ4v) is 13.4. The molecule has 40 atom stereocenters. The van der Waals surface area contributed by atoms with E-state index in [-0.39, 0.29) is 0 Å². The van der Waals surface area contributed by atoms with Crippen molar-refractivity contribution in [3.63, 3.8) is 0 Å². The maximum Gasteiger partial charge on any atom is 0.187 e. The molecule has 0 radical (unpaired) electrons. The summed E-state index contributed by atoms with van der Waals surface area (Å²) in [5.74, 6) is 0. The van der Waals surface area contributed by atoms with E-state index in [4.69, 9.17) is 104 Å². The van der Waals surface area contributed by atoms with Crippen molar-refractivity contribution in [3.8, 4) is 0 Å². The third-order valence-corrected chi connectivity index (χ3v) is 18.0. The van der Waals surface area contributed by atoms with Gasteiger partial charge < -0.3 is 165 Å². The lowest BCUT2D eigenvalue weighted by molar-refractivity contribution is -0.359. The second-order valence-electron chi connectivity index (χ2n) is 23.0. The first-order chi connectivity index (χ1) is 39.9. The first kappa shape index (κ1) is 57.1. The van der Waals surface area contributed by atoms with E-state index in [0.29, 0.717) is 0 Å². The third kappa shape index (κ3) is 9.92. The smallest absolute Gasteiger partial charge is 0.187 e. The van der Waals surface area contributed by atoms with E-state index in [1.165, 1.54) is 0 Å². The van der Waals surface area contributed by atoms with Gasteiger partial charge in [-0.25, -0.2) is 0 Å². The molecule has 21 rings (SSSR count). The van der Waals surface area contributed by atoms with Gasteiger partial charge in [0.25, 0.3) is 0 Å². The molecule has 464 valence electrons. The van der Waals surface area contributed by atoms with E-state index < -0.39 is 299 Å². The first-order valence-electron chi connectivity index (χ1n) is 27.9. The van der Waals surface area contributed by atoms with Crippen LogP contribution in [0, 0.1) is 0 Å². The van der Waals surface area contributed by atoms with Crippen LogP contribution in [0.5, 0.6) is 0 Å². The largest absolute Gasteiger partial charge is 0.394 e. The lowest BCUT2D eigenvalue weighted by Crippen LogP contribution is -2.64. The zero-order valence-electron chi connectivity index (χ0n) is 43.1. The average Bonchev–Trinajstić information content (AvgIpc) is 3.27. The van der Waals surface area contributed by atoms with Crippen LogP contribution in [-0.2, 0) is 104 Å². The maximum absolute atomic E-state index is 11.5. The molecule has 21 heterocycles. The summed E-state index contributed by atoms with van der Waals surface area (Å²) in [6.45, 7) is -5.17. The molecule has 0 aromatic carbocycles. The fourth-order valence-electron chi connectivity index (χ4n) is 13.4. The van der Waals surface area contributed by atoms with Crippen LogP contribution in [-0.4, -0.2) is 360 Å². The molecular weight excluding hydrogens is 1120 g/mol. The standard InChI is InChI=1S/C48H68O34/c49-1-9-21-17(57)20(60)42(62-9)78-24-12(4-52)66-46(38-30(24)70-38)81-27-15(7-55)68-48(40-33(27)73-40)82-28-16(8-56)67-47(39-34(28)74-39)80-26-14(6-54)64-44(36-32(26)72-36)76-22-10(2-50)61-41(19(59)18(22)58)77-23-11(3-51)65-45(37-29(23)69-37)79-25-13(5-53)63-43(75-21)35-31(25)71-35/h9-60H,1-8H2/t9-,10-,11-,12-,13-,14-,15-,16-,17-,18-,19-,20-,21-,22-,23-,24-,25-,26-,27-,28-,29+,30+,31+,32+,33+,34+,35+,36+,37+,38+,39+,40+,41-,42-,43-,44-,45-,46-,47-,48-/m1/s1. The Morgan fingerprint density at radius 2 is 0.305 bits per heavy atom. The highest BCUT2D eigenvalue weighted by Gasteiger charge is 2.70. The van der Waals surface area contributed by atoms with Gasteiger partial charge in [-0.2, -0.15) is 0 Å². The molecule has 21 fully saturated rings. The molecular formula is C48H68O34. The second-order valence-corrected chi connectivity index (χ2v) is 23.0. The summed E-state index contributed by atoms with van der Waals surface area (Å²) in [6.07, 6.45) is -45.3. The number of hydrogen-bond donors (Lipinski definition) is 12. The van der Waals surface area contributed by atoms with Gasteiger partial charge in [0.2, 0.25) is 0 Å². The van der Waals surface area contributed by atoms with Crippen molar-refractivity contribution >= 4 is 0 Å².